The molecule has 0 saturated heterocycles. The van der Waals surface area contributed by atoms with E-state index in [0.717, 1.165) is 11.8 Å². The summed E-state index contributed by atoms with van der Waals surface area (Å²) in [4.78, 5) is 0. The lowest BCUT2D eigenvalue weighted by Crippen LogP contribution is -1.96. The molecular formula is C15H31. The Hall–Kier alpha value is 0. The van der Waals surface area contributed by atoms with Gasteiger partial charge in [0, 0.05) is 0 Å². The Morgan fingerprint density at radius 3 is 2.00 bits per heavy atom. The van der Waals surface area contributed by atoms with E-state index in [0.29, 0.717) is 0 Å². The highest BCUT2D eigenvalue weighted by atomic mass is 14.1. The molecule has 0 fully saturated rings. The molecule has 91 valence electrons. The standard InChI is InChI=1S/C15H31/c1-5-7-11-15(4)13-10-8-9-12-14(3)6-2/h8,14-15H,5-7,9-13H2,1-4H3. The molecule has 0 spiro atoms. The van der Waals surface area contributed by atoms with Gasteiger partial charge in [-0.2, -0.15) is 0 Å². The van der Waals surface area contributed by atoms with Crippen LogP contribution in [-0.4, -0.2) is 0 Å². The summed E-state index contributed by atoms with van der Waals surface area (Å²) in [5, 5.41) is 0. The number of rotatable bonds is 10. The first-order chi connectivity index (χ1) is 7.20. The van der Waals surface area contributed by atoms with Crippen LogP contribution in [0.3, 0.4) is 0 Å². The molecule has 0 rings (SSSR count). The van der Waals surface area contributed by atoms with Crippen molar-refractivity contribution in [3.05, 3.63) is 6.42 Å². The molecule has 2 unspecified atom stereocenters. The van der Waals surface area contributed by atoms with Crippen molar-refractivity contribution < 1.29 is 0 Å². The summed E-state index contributed by atoms with van der Waals surface area (Å²) in [6, 6.07) is 0. The number of hydrogen-bond donors (Lipinski definition) is 0. The zero-order valence-corrected chi connectivity index (χ0v) is 11.4. The Bertz CT molecular complexity index is 117. The first-order valence-corrected chi connectivity index (χ1v) is 7.02. The average molecular weight is 211 g/mol. The third kappa shape index (κ3) is 10.3. The molecule has 0 aliphatic rings. The molecule has 0 bridgehead atoms. The van der Waals surface area contributed by atoms with Crippen molar-refractivity contribution in [1.82, 2.24) is 0 Å². The monoisotopic (exact) mass is 211 g/mol. The summed E-state index contributed by atoms with van der Waals surface area (Å²) in [6.07, 6.45) is 13.5. The van der Waals surface area contributed by atoms with E-state index in [9.17, 15) is 0 Å². The maximum absolute atomic E-state index is 2.51. The van der Waals surface area contributed by atoms with Gasteiger partial charge < -0.3 is 0 Å². The van der Waals surface area contributed by atoms with Gasteiger partial charge in [0.15, 0.2) is 0 Å². The van der Waals surface area contributed by atoms with E-state index in [1.54, 1.807) is 0 Å². The smallest absolute Gasteiger partial charge is 0.0386 e. The first kappa shape index (κ1) is 15.0. The van der Waals surface area contributed by atoms with Crippen LogP contribution in [-0.2, 0) is 0 Å². The third-order valence-electron chi connectivity index (χ3n) is 3.47. The highest BCUT2D eigenvalue weighted by Crippen LogP contribution is 2.17. The fourth-order valence-electron chi connectivity index (χ4n) is 1.85. The van der Waals surface area contributed by atoms with E-state index in [-0.39, 0.29) is 0 Å². The van der Waals surface area contributed by atoms with Gasteiger partial charge in [-0.25, -0.2) is 0 Å². The molecule has 0 saturated carbocycles. The molecule has 0 aromatic rings. The molecule has 2 atom stereocenters. The van der Waals surface area contributed by atoms with Gasteiger partial charge in [0.2, 0.25) is 0 Å². The SMILES string of the molecule is CCCCC(C)CC[CH]CCC(C)CC. The van der Waals surface area contributed by atoms with E-state index < -0.39 is 0 Å². The summed E-state index contributed by atoms with van der Waals surface area (Å²) in [7, 11) is 0. The van der Waals surface area contributed by atoms with E-state index >= 15 is 0 Å². The van der Waals surface area contributed by atoms with Crippen LogP contribution in [0, 0.1) is 18.3 Å². The van der Waals surface area contributed by atoms with Gasteiger partial charge in [-0.15, -0.1) is 0 Å². The lowest BCUT2D eigenvalue weighted by Gasteiger charge is -2.11. The third-order valence-corrected chi connectivity index (χ3v) is 3.47. The predicted octanol–water partition coefficient (Wildman–Crippen LogP) is 5.62. The van der Waals surface area contributed by atoms with Crippen LogP contribution >= 0.6 is 0 Å². The summed E-state index contributed by atoms with van der Waals surface area (Å²) < 4.78 is 0. The Kier molecular flexibility index (Phi) is 10.5. The molecule has 0 aliphatic heterocycles. The van der Waals surface area contributed by atoms with Crippen LogP contribution in [0.5, 0.6) is 0 Å². The molecule has 0 amide bonds. The van der Waals surface area contributed by atoms with E-state index in [4.69, 9.17) is 0 Å². The average Bonchev–Trinajstić information content (AvgIpc) is 2.25. The molecule has 0 aromatic heterocycles. The second-order valence-electron chi connectivity index (χ2n) is 5.20. The van der Waals surface area contributed by atoms with Crippen molar-refractivity contribution in [2.75, 3.05) is 0 Å². The van der Waals surface area contributed by atoms with Crippen LogP contribution in [0.25, 0.3) is 0 Å². The Labute approximate surface area is 97.8 Å². The maximum Gasteiger partial charge on any atom is -0.0386 e. The molecular weight excluding hydrogens is 180 g/mol. The summed E-state index contributed by atoms with van der Waals surface area (Å²) >= 11 is 0. The maximum atomic E-state index is 2.51. The minimum atomic E-state index is 0.916. The summed E-state index contributed by atoms with van der Waals surface area (Å²) in [6.45, 7) is 9.33. The topological polar surface area (TPSA) is 0 Å². The molecule has 0 heterocycles. The largest absolute Gasteiger partial charge is 0.0654 e. The van der Waals surface area contributed by atoms with Gasteiger partial charge in [-0.1, -0.05) is 66.2 Å². The fourth-order valence-corrected chi connectivity index (χ4v) is 1.85. The van der Waals surface area contributed by atoms with Gasteiger partial charge in [0.25, 0.3) is 0 Å². The zero-order chi connectivity index (χ0) is 11.5. The van der Waals surface area contributed by atoms with Crippen LogP contribution in [0.2, 0.25) is 0 Å². The van der Waals surface area contributed by atoms with E-state index in [1.807, 2.05) is 0 Å². The second-order valence-corrected chi connectivity index (χ2v) is 5.20. The normalized spacial score (nSPS) is 15.2. The molecule has 0 N–H and O–H groups in total. The molecule has 0 heteroatoms. The Morgan fingerprint density at radius 1 is 0.867 bits per heavy atom. The van der Waals surface area contributed by atoms with Crippen molar-refractivity contribution in [3.8, 4) is 0 Å². The fraction of sp³-hybridized carbons (Fsp3) is 0.933. The highest BCUT2D eigenvalue weighted by molar-refractivity contribution is 4.68. The lowest BCUT2D eigenvalue weighted by molar-refractivity contribution is 0.458. The predicted molar refractivity (Wildman–Crippen MR) is 70.9 cm³/mol. The van der Waals surface area contributed by atoms with Crippen molar-refractivity contribution in [3.63, 3.8) is 0 Å². The lowest BCUT2D eigenvalue weighted by atomic mass is 9.95. The Morgan fingerprint density at radius 2 is 1.47 bits per heavy atom. The van der Waals surface area contributed by atoms with Crippen LogP contribution < -0.4 is 0 Å². The zero-order valence-electron chi connectivity index (χ0n) is 11.4. The van der Waals surface area contributed by atoms with Crippen molar-refractivity contribution in [2.45, 2.75) is 79.1 Å². The van der Waals surface area contributed by atoms with Gasteiger partial charge >= 0.3 is 0 Å². The Balaban J connectivity index is 3.16. The van der Waals surface area contributed by atoms with Crippen LogP contribution in [0.15, 0.2) is 0 Å². The quantitative estimate of drug-likeness (QED) is 0.411. The molecule has 15 heavy (non-hydrogen) atoms. The number of unbranched alkanes of at least 4 members (excludes halogenated alkanes) is 3. The van der Waals surface area contributed by atoms with E-state index in [2.05, 4.69) is 34.1 Å². The number of hydrogen-bond acceptors (Lipinski definition) is 0. The van der Waals surface area contributed by atoms with Gasteiger partial charge in [0.1, 0.15) is 0 Å². The summed E-state index contributed by atoms with van der Waals surface area (Å²) in [5.41, 5.74) is 0. The highest BCUT2D eigenvalue weighted by Gasteiger charge is 2.02. The minimum absolute atomic E-state index is 0.916. The molecule has 1 radical (unpaired) electrons. The molecule has 0 aliphatic carbocycles. The van der Waals surface area contributed by atoms with Gasteiger partial charge in [0.05, 0.1) is 0 Å². The molecule has 0 aromatic carbocycles. The van der Waals surface area contributed by atoms with Crippen molar-refractivity contribution >= 4 is 0 Å². The first-order valence-electron chi connectivity index (χ1n) is 7.02. The summed E-state index contributed by atoms with van der Waals surface area (Å²) in [5.74, 6) is 1.85. The van der Waals surface area contributed by atoms with Gasteiger partial charge in [-0.3, -0.25) is 0 Å². The van der Waals surface area contributed by atoms with Crippen LogP contribution in [0.4, 0.5) is 0 Å². The molecule has 0 nitrogen and oxygen atoms in total. The van der Waals surface area contributed by atoms with Gasteiger partial charge in [-0.05, 0) is 31.1 Å². The second kappa shape index (κ2) is 10.5. The van der Waals surface area contributed by atoms with Crippen molar-refractivity contribution in [2.24, 2.45) is 11.8 Å². The van der Waals surface area contributed by atoms with E-state index in [1.165, 1.54) is 51.4 Å². The van der Waals surface area contributed by atoms with Crippen molar-refractivity contribution in [1.29, 1.82) is 0 Å². The minimum Gasteiger partial charge on any atom is -0.0654 e. The van der Waals surface area contributed by atoms with Crippen LogP contribution in [0.1, 0.15) is 79.1 Å².